The van der Waals surface area contributed by atoms with Crippen LogP contribution in [0.2, 0.25) is 5.02 Å². The lowest BCUT2D eigenvalue weighted by Gasteiger charge is -2.18. The van der Waals surface area contributed by atoms with Crippen LogP contribution in [0.15, 0.2) is 54.0 Å². The van der Waals surface area contributed by atoms with Crippen molar-refractivity contribution in [3.05, 3.63) is 75.2 Å². The minimum atomic E-state index is -0.0847. The minimum absolute atomic E-state index is 0.0847. The first-order valence-corrected chi connectivity index (χ1v) is 10.0. The molecule has 4 aromatic rings. The van der Waals surface area contributed by atoms with E-state index in [1.165, 1.54) is 22.7 Å². The van der Waals surface area contributed by atoms with Gasteiger partial charge in [-0.15, -0.1) is 11.3 Å². The van der Waals surface area contributed by atoms with Crippen LogP contribution in [0, 0.1) is 6.92 Å². The number of thiazole rings is 1. The highest BCUT2D eigenvalue weighted by atomic mass is 35.5. The van der Waals surface area contributed by atoms with E-state index in [1.807, 2.05) is 54.8 Å². The van der Waals surface area contributed by atoms with Crippen LogP contribution >= 0.6 is 34.3 Å². The van der Waals surface area contributed by atoms with E-state index in [1.54, 1.807) is 11.1 Å². The molecule has 0 aliphatic rings. The molecule has 0 unspecified atom stereocenters. The molecule has 0 N–H and O–H groups in total. The van der Waals surface area contributed by atoms with Gasteiger partial charge in [-0.2, -0.15) is 0 Å². The SMILES string of the molecule is Cc1ccc(Cl)c2sc(N(Cc3ccccn3)C(=O)c3cccs3)nc12. The Kier molecular flexibility index (Phi) is 4.72. The molecule has 0 radical (unpaired) electrons. The van der Waals surface area contributed by atoms with Crippen LogP contribution in [0.4, 0.5) is 5.13 Å². The van der Waals surface area contributed by atoms with Crippen molar-refractivity contribution in [2.45, 2.75) is 13.5 Å². The molecular formula is C19H14ClN3OS2. The lowest BCUT2D eigenvalue weighted by atomic mass is 10.2. The number of benzene rings is 1. The number of aromatic nitrogens is 2. The average molecular weight is 400 g/mol. The van der Waals surface area contributed by atoms with Crippen molar-refractivity contribution < 1.29 is 4.79 Å². The fourth-order valence-corrected chi connectivity index (χ4v) is 4.61. The standard InChI is InChI=1S/C19H14ClN3OS2/c1-12-7-8-14(20)17-16(12)22-19(26-17)23(11-13-5-2-3-9-21-13)18(24)15-6-4-10-25-15/h2-10H,11H2,1H3. The van der Waals surface area contributed by atoms with Crippen molar-refractivity contribution in [1.29, 1.82) is 0 Å². The van der Waals surface area contributed by atoms with Gasteiger partial charge in [0.05, 0.1) is 32.4 Å². The van der Waals surface area contributed by atoms with E-state index in [2.05, 4.69) is 4.98 Å². The molecule has 1 amide bonds. The number of fused-ring (bicyclic) bond motifs is 1. The van der Waals surface area contributed by atoms with Crippen molar-refractivity contribution in [2.75, 3.05) is 4.90 Å². The first kappa shape index (κ1) is 17.1. The number of pyridine rings is 1. The van der Waals surface area contributed by atoms with Crippen molar-refractivity contribution in [1.82, 2.24) is 9.97 Å². The van der Waals surface area contributed by atoms with Gasteiger partial charge in [0.1, 0.15) is 0 Å². The molecule has 0 bridgehead atoms. The summed E-state index contributed by atoms with van der Waals surface area (Å²) in [5.74, 6) is -0.0847. The Hall–Kier alpha value is -2.28. The zero-order valence-electron chi connectivity index (χ0n) is 13.8. The predicted octanol–water partition coefficient (Wildman–Crippen LogP) is 5.56. The van der Waals surface area contributed by atoms with Gasteiger partial charge in [0.2, 0.25) is 0 Å². The molecule has 1 aromatic carbocycles. The van der Waals surface area contributed by atoms with E-state index in [0.717, 1.165) is 21.5 Å². The van der Waals surface area contributed by atoms with Gasteiger partial charge in [-0.1, -0.05) is 41.1 Å². The Balaban J connectivity index is 1.81. The molecule has 26 heavy (non-hydrogen) atoms. The number of rotatable bonds is 4. The Bertz CT molecular complexity index is 1020. The topological polar surface area (TPSA) is 46.1 Å². The summed E-state index contributed by atoms with van der Waals surface area (Å²) in [7, 11) is 0. The molecular weight excluding hydrogens is 386 g/mol. The van der Waals surface area contributed by atoms with Crippen LogP contribution < -0.4 is 4.90 Å². The Morgan fingerprint density at radius 1 is 1.19 bits per heavy atom. The average Bonchev–Trinajstić information content (AvgIpc) is 3.33. The molecule has 7 heteroatoms. The first-order chi connectivity index (χ1) is 12.6. The van der Waals surface area contributed by atoms with E-state index in [-0.39, 0.29) is 5.91 Å². The summed E-state index contributed by atoms with van der Waals surface area (Å²) in [6.45, 7) is 2.35. The van der Waals surface area contributed by atoms with Crippen molar-refractivity contribution in [3.63, 3.8) is 0 Å². The molecule has 4 rings (SSSR count). The highest BCUT2D eigenvalue weighted by Crippen LogP contribution is 2.36. The highest BCUT2D eigenvalue weighted by Gasteiger charge is 2.23. The predicted molar refractivity (Wildman–Crippen MR) is 108 cm³/mol. The van der Waals surface area contributed by atoms with Crippen LogP contribution in [-0.4, -0.2) is 15.9 Å². The number of carbonyl (C=O) groups excluding carboxylic acids is 1. The molecule has 0 aliphatic heterocycles. The molecule has 3 aromatic heterocycles. The second-order valence-electron chi connectivity index (χ2n) is 5.73. The molecule has 0 fully saturated rings. The number of hydrogen-bond donors (Lipinski definition) is 0. The number of halogens is 1. The van der Waals surface area contributed by atoms with Crippen molar-refractivity contribution in [3.8, 4) is 0 Å². The molecule has 0 spiro atoms. The number of carbonyl (C=O) groups is 1. The largest absolute Gasteiger partial charge is 0.277 e. The summed E-state index contributed by atoms with van der Waals surface area (Å²) < 4.78 is 0.895. The quantitative estimate of drug-likeness (QED) is 0.451. The summed E-state index contributed by atoms with van der Waals surface area (Å²) in [5, 5.41) is 3.17. The van der Waals surface area contributed by atoms with Crippen molar-refractivity contribution >= 4 is 55.5 Å². The molecule has 0 saturated carbocycles. The van der Waals surface area contributed by atoms with E-state index < -0.39 is 0 Å². The fraction of sp³-hybridized carbons (Fsp3) is 0.105. The summed E-state index contributed by atoms with van der Waals surface area (Å²) >= 11 is 9.19. The van der Waals surface area contributed by atoms with Gasteiger partial charge in [-0.25, -0.2) is 4.98 Å². The zero-order chi connectivity index (χ0) is 18.1. The van der Waals surface area contributed by atoms with E-state index in [4.69, 9.17) is 16.6 Å². The first-order valence-electron chi connectivity index (χ1n) is 7.94. The van der Waals surface area contributed by atoms with Gasteiger partial charge >= 0.3 is 0 Å². The molecule has 130 valence electrons. The number of thiophene rings is 1. The van der Waals surface area contributed by atoms with Gasteiger partial charge in [0, 0.05) is 6.20 Å². The van der Waals surface area contributed by atoms with Gasteiger partial charge in [0.15, 0.2) is 5.13 Å². The zero-order valence-corrected chi connectivity index (χ0v) is 16.2. The maximum Gasteiger partial charge on any atom is 0.270 e. The smallest absolute Gasteiger partial charge is 0.270 e. The number of anilines is 1. The summed E-state index contributed by atoms with van der Waals surface area (Å²) in [6, 6.07) is 13.2. The van der Waals surface area contributed by atoms with E-state index >= 15 is 0 Å². The van der Waals surface area contributed by atoms with Gasteiger partial charge in [0.25, 0.3) is 5.91 Å². The summed E-state index contributed by atoms with van der Waals surface area (Å²) in [5.41, 5.74) is 2.68. The Morgan fingerprint density at radius 3 is 2.77 bits per heavy atom. The normalized spacial score (nSPS) is 11.0. The van der Waals surface area contributed by atoms with Crippen molar-refractivity contribution in [2.24, 2.45) is 0 Å². The van der Waals surface area contributed by atoms with Crippen LogP contribution in [0.5, 0.6) is 0 Å². The van der Waals surface area contributed by atoms with E-state index in [0.29, 0.717) is 21.6 Å². The van der Waals surface area contributed by atoms with Gasteiger partial charge < -0.3 is 0 Å². The molecule has 4 nitrogen and oxygen atoms in total. The molecule has 0 saturated heterocycles. The summed E-state index contributed by atoms with van der Waals surface area (Å²) in [6.07, 6.45) is 1.72. The number of amides is 1. The number of hydrogen-bond acceptors (Lipinski definition) is 5. The van der Waals surface area contributed by atoms with Crippen LogP contribution in [0.3, 0.4) is 0 Å². The lowest BCUT2D eigenvalue weighted by Crippen LogP contribution is -2.30. The van der Waals surface area contributed by atoms with Gasteiger partial charge in [-0.3, -0.25) is 14.7 Å². The molecule has 0 atom stereocenters. The molecule has 0 aliphatic carbocycles. The molecule has 3 heterocycles. The second kappa shape index (κ2) is 7.15. The lowest BCUT2D eigenvalue weighted by molar-refractivity contribution is 0.0988. The van der Waals surface area contributed by atoms with Gasteiger partial charge in [-0.05, 0) is 42.1 Å². The summed E-state index contributed by atoms with van der Waals surface area (Å²) in [4.78, 5) is 24.5. The maximum absolute atomic E-state index is 13.1. The number of aryl methyl sites for hydroxylation is 1. The third-order valence-electron chi connectivity index (χ3n) is 3.94. The highest BCUT2D eigenvalue weighted by molar-refractivity contribution is 7.23. The third-order valence-corrected chi connectivity index (χ3v) is 6.34. The van der Waals surface area contributed by atoms with Crippen LogP contribution in [-0.2, 0) is 6.54 Å². The Labute approximate surface area is 163 Å². The number of nitrogens with zero attached hydrogens (tertiary/aromatic N) is 3. The second-order valence-corrected chi connectivity index (χ2v) is 8.06. The third kappa shape index (κ3) is 3.23. The van der Waals surface area contributed by atoms with Crippen LogP contribution in [0.1, 0.15) is 20.9 Å². The monoisotopic (exact) mass is 399 g/mol. The van der Waals surface area contributed by atoms with E-state index in [9.17, 15) is 4.79 Å². The van der Waals surface area contributed by atoms with Crippen LogP contribution in [0.25, 0.3) is 10.2 Å². The maximum atomic E-state index is 13.1. The fourth-order valence-electron chi connectivity index (χ4n) is 2.62. The minimum Gasteiger partial charge on any atom is -0.277 e. The Morgan fingerprint density at radius 2 is 2.08 bits per heavy atom.